The van der Waals surface area contributed by atoms with Crippen LogP contribution in [0.4, 0.5) is 10.1 Å². The Balaban J connectivity index is 1.81. The minimum absolute atomic E-state index is 0.0266. The van der Waals surface area contributed by atoms with E-state index >= 15 is 0 Å². The van der Waals surface area contributed by atoms with E-state index in [2.05, 4.69) is 10.0 Å². The fourth-order valence-electron chi connectivity index (χ4n) is 2.92. The second-order valence-corrected chi connectivity index (χ2v) is 7.95. The van der Waals surface area contributed by atoms with Gasteiger partial charge < -0.3 is 10.1 Å². The van der Waals surface area contributed by atoms with Gasteiger partial charge in [0.25, 0.3) is 0 Å². The van der Waals surface area contributed by atoms with Gasteiger partial charge >= 0.3 is 0 Å². The van der Waals surface area contributed by atoms with Crippen LogP contribution in [0, 0.1) is 5.82 Å². The molecule has 0 saturated carbocycles. The van der Waals surface area contributed by atoms with Crippen LogP contribution in [0.5, 0.6) is 0 Å². The van der Waals surface area contributed by atoms with Crippen LogP contribution in [-0.2, 0) is 39.1 Å². The van der Waals surface area contributed by atoms with E-state index in [0.29, 0.717) is 30.9 Å². The number of hydrogen-bond donors (Lipinski definition) is 2. The minimum atomic E-state index is -4.05. The number of aryl methyl sites for hydroxylation is 1. The monoisotopic (exact) mass is 392 g/mol. The lowest BCUT2D eigenvalue weighted by Gasteiger charge is -2.18. The predicted octanol–water partition coefficient (Wildman–Crippen LogP) is 2.73. The molecule has 2 N–H and O–H groups in total. The molecule has 0 saturated heterocycles. The van der Waals surface area contributed by atoms with E-state index in [9.17, 15) is 17.6 Å². The normalized spacial score (nSPS) is 13.9. The molecule has 1 aliphatic heterocycles. The summed E-state index contributed by atoms with van der Waals surface area (Å²) in [6.45, 7) is 2.84. The van der Waals surface area contributed by atoms with Gasteiger partial charge in [0.2, 0.25) is 15.9 Å². The van der Waals surface area contributed by atoms with Crippen LogP contribution >= 0.6 is 0 Å². The number of nitrogens with one attached hydrogen (secondary N) is 2. The first-order valence-electron chi connectivity index (χ1n) is 8.67. The molecular formula is C19H21FN2O4S. The van der Waals surface area contributed by atoms with E-state index < -0.39 is 20.7 Å². The van der Waals surface area contributed by atoms with E-state index in [1.807, 2.05) is 19.1 Å². The molecule has 27 heavy (non-hydrogen) atoms. The summed E-state index contributed by atoms with van der Waals surface area (Å²) < 4.78 is 47.5. The van der Waals surface area contributed by atoms with Gasteiger partial charge in [0.15, 0.2) is 0 Å². The second kappa shape index (κ2) is 8.16. The number of amides is 1. The Morgan fingerprint density at radius 3 is 2.67 bits per heavy atom. The zero-order valence-corrected chi connectivity index (χ0v) is 15.7. The maximum Gasteiger partial charge on any atom is 0.243 e. The molecular weight excluding hydrogens is 371 g/mol. The number of ether oxygens (including phenoxy) is 1. The van der Waals surface area contributed by atoms with E-state index in [0.717, 1.165) is 17.2 Å². The Kier molecular flexibility index (Phi) is 5.88. The molecule has 2 aromatic rings. The molecule has 0 bridgehead atoms. The third kappa shape index (κ3) is 4.52. The fraction of sp³-hybridized carbons (Fsp3) is 0.316. The number of carbonyl (C=O) groups is 1. The van der Waals surface area contributed by atoms with Gasteiger partial charge in [0.05, 0.1) is 6.61 Å². The average molecular weight is 392 g/mol. The van der Waals surface area contributed by atoms with Crippen LogP contribution in [0.2, 0.25) is 0 Å². The van der Waals surface area contributed by atoms with Crippen LogP contribution in [0.25, 0.3) is 0 Å². The first kappa shape index (κ1) is 19.5. The maximum atomic E-state index is 14.4. The molecule has 144 valence electrons. The van der Waals surface area contributed by atoms with Crippen molar-refractivity contribution in [3.8, 4) is 0 Å². The molecule has 6 nitrogen and oxygen atoms in total. The van der Waals surface area contributed by atoms with Crippen molar-refractivity contribution in [3.63, 3.8) is 0 Å². The van der Waals surface area contributed by atoms with E-state index in [1.165, 1.54) is 6.07 Å². The minimum Gasteiger partial charge on any atom is -0.377 e. The second-order valence-electron chi connectivity index (χ2n) is 6.22. The Bertz CT molecular complexity index is 960. The third-order valence-electron chi connectivity index (χ3n) is 4.38. The SMILES string of the molecule is CCOCc1ccccc1CNS(=O)(=O)c1cc2c(cc1F)NC(=O)CC2. The van der Waals surface area contributed by atoms with Gasteiger partial charge in [0, 0.05) is 25.3 Å². The average Bonchev–Trinajstić information content (AvgIpc) is 2.64. The molecule has 1 heterocycles. The van der Waals surface area contributed by atoms with Crippen molar-refractivity contribution in [2.24, 2.45) is 0 Å². The van der Waals surface area contributed by atoms with Gasteiger partial charge in [-0.05, 0) is 42.2 Å². The van der Waals surface area contributed by atoms with Crippen LogP contribution < -0.4 is 10.0 Å². The van der Waals surface area contributed by atoms with Gasteiger partial charge in [0.1, 0.15) is 10.7 Å². The number of rotatable bonds is 7. The molecule has 0 unspecified atom stereocenters. The van der Waals surface area contributed by atoms with Gasteiger partial charge in [-0.1, -0.05) is 24.3 Å². The number of halogens is 1. The highest BCUT2D eigenvalue weighted by Crippen LogP contribution is 2.28. The Labute approximate surface area is 157 Å². The van der Waals surface area contributed by atoms with Crippen molar-refractivity contribution >= 4 is 21.6 Å². The van der Waals surface area contributed by atoms with Crippen molar-refractivity contribution < 1.29 is 22.3 Å². The standard InChI is InChI=1S/C19H21FN2O4S/c1-2-26-12-15-6-4-3-5-14(15)11-21-27(24,25)18-9-13-7-8-19(23)22-17(13)10-16(18)20/h3-6,9-10,21H,2,7-8,11-12H2,1H3,(H,22,23). The fourth-order valence-corrected chi connectivity index (χ4v) is 4.03. The highest BCUT2D eigenvalue weighted by molar-refractivity contribution is 7.89. The topological polar surface area (TPSA) is 84.5 Å². The van der Waals surface area contributed by atoms with Crippen LogP contribution in [0.15, 0.2) is 41.3 Å². The summed E-state index contributed by atoms with van der Waals surface area (Å²) in [5.74, 6) is -1.10. The number of anilines is 1. The Morgan fingerprint density at radius 1 is 1.19 bits per heavy atom. The molecule has 0 atom stereocenters. The molecule has 0 aliphatic carbocycles. The summed E-state index contributed by atoms with van der Waals surface area (Å²) in [5.41, 5.74) is 2.56. The smallest absolute Gasteiger partial charge is 0.243 e. The molecule has 0 fully saturated rings. The lowest BCUT2D eigenvalue weighted by Crippen LogP contribution is -2.26. The number of benzene rings is 2. The van der Waals surface area contributed by atoms with Gasteiger partial charge in [-0.15, -0.1) is 0 Å². The number of carbonyl (C=O) groups excluding carboxylic acids is 1. The number of sulfonamides is 1. The number of fused-ring (bicyclic) bond motifs is 1. The predicted molar refractivity (Wildman–Crippen MR) is 99.1 cm³/mol. The van der Waals surface area contributed by atoms with Gasteiger partial charge in [-0.25, -0.2) is 17.5 Å². The summed E-state index contributed by atoms with van der Waals surface area (Å²) in [7, 11) is -4.05. The maximum absolute atomic E-state index is 14.4. The lowest BCUT2D eigenvalue weighted by molar-refractivity contribution is -0.116. The third-order valence-corrected chi connectivity index (χ3v) is 5.79. The lowest BCUT2D eigenvalue weighted by atomic mass is 10.0. The summed E-state index contributed by atoms with van der Waals surface area (Å²) >= 11 is 0. The van der Waals surface area contributed by atoms with E-state index in [1.54, 1.807) is 12.1 Å². The van der Waals surface area contributed by atoms with E-state index in [4.69, 9.17) is 4.74 Å². The summed E-state index contributed by atoms with van der Waals surface area (Å²) in [6, 6.07) is 9.67. The highest BCUT2D eigenvalue weighted by atomic mass is 32.2. The highest BCUT2D eigenvalue weighted by Gasteiger charge is 2.24. The van der Waals surface area contributed by atoms with Gasteiger partial charge in [-0.3, -0.25) is 4.79 Å². The molecule has 2 aromatic carbocycles. The van der Waals surface area contributed by atoms with Crippen molar-refractivity contribution in [3.05, 3.63) is 58.9 Å². The van der Waals surface area contributed by atoms with Crippen LogP contribution in [-0.4, -0.2) is 20.9 Å². The van der Waals surface area contributed by atoms with Gasteiger partial charge in [-0.2, -0.15) is 0 Å². The summed E-state index contributed by atoms with van der Waals surface area (Å²) in [5, 5.41) is 2.56. The quantitative estimate of drug-likeness (QED) is 0.759. The molecule has 0 radical (unpaired) electrons. The number of hydrogen-bond acceptors (Lipinski definition) is 4. The first-order chi connectivity index (χ1) is 12.9. The molecule has 1 aliphatic rings. The van der Waals surface area contributed by atoms with Crippen LogP contribution in [0.3, 0.4) is 0 Å². The zero-order chi connectivity index (χ0) is 19.4. The molecule has 8 heteroatoms. The zero-order valence-electron chi connectivity index (χ0n) is 14.9. The summed E-state index contributed by atoms with van der Waals surface area (Å²) in [6.07, 6.45) is 0.623. The molecule has 3 rings (SSSR count). The Morgan fingerprint density at radius 2 is 1.93 bits per heavy atom. The van der Waals surface area contributed by atoms with Crippen molar-refractivity contribution in [2.75, 3.05) is 11.9 Å². The van der Waals surface area contributed by atoms with E-state index in [-0.39, 0.29) is 18.9 Å². The Hall–Kier alpha value is -2.29. The van der Waals surface area contributed by atoms with Crippen molar-refractivity contribution in [2.45, 2.75) is 37.8 Å². The largest absolute Gasteiger partial charge is 0.377 e. The van der Waals surface area contributed by atoms with Crippen molar-refractivity contribution in [1.29, 1.82) is 0 Å². The van der Waals surface area contributed by atoms with Crippen molar-refractivity contribution in [1.82, 2.24) is 4.72 Å². The molecule has 1 amide bonds. The summed E-state index contributed by atoms with van der Waals surface area (Å²) in [4.78, 5) is 11.0. The first-order valence-corrected chi connectivity index (χ1v) is 10.2. The van der Waals surface area contributed by atoms with Crippen LogP contribution in [0.1, 0.15) is 30.0 Å². The molecule has 0 aromatic heterocycles. The molecule has 0 spiro atoms.